The molecule has 3 rings (SSSR count). The van der Waals surface area contributed by atoms with Crippen molar-refractivity contribution in [1.29, 1.82) is 0 Å². The van der Waals surface area contributed by atoms with Gasteiger partial charge in [-0.2, -0.15) is 0 Å². The lowest BCUT2D eigenvalue weighted by Crippen LogP contribution is -2.51. The Balaban J connectivity index is 1.43. The molecule has 3 heteroatoms. The summed E-state index contributed by atoms with van der Waals surface area (Å²) < 4.78 is 0. The first-order valence-electron chi connectivity index (χ1n) is 8.77. The lowest BCUT2D eigenvalue weighted by molar-refractivity contribution is -0.136. The van der Waals surface area contributed by atoms with Crippen LogP contribution in [0, 0.1) is 11.8 Å². The number of carbonyl (C=O) groups excluding carboxylic acids is 1. The molecule has 0 radical (unpaired) electrons. The molecule has 0 aromatic heterocycles. The molecule has 20 heavy (non-hydrogen) atoms. The van der Waals surface area contributed by atoms with Crippen LogP contribution in [0.1, 0.15) is 64.7 Å². The molecule has 1 heterocycles. The van der Waals surface area contributed by atoms with Crippen LogP contribution in [0.4, 0.5) is 0 Å². The van der Waals surface area contributed by atoms with Crippen molar-refractivity contribution in [2.45, 2.75) is 76.8 Å². The van der Waals surface area contributed by atoms with Crippen LogP contribution < -0.4 is 5.32 Å². The first-order chi connectivity index (χ1) is 9.72. The Kier molecular flexibility index (Phi) is 4.65. The number of piperidine rings is 1. The van der Waals surface area contributed by atoms with Gasteiger partial charge in [0.15, 0.2) is 0 Å². The summed E-state index contributed by atoms with van der Waals surface area (Å²) in [5, 5.41) is 3.53. The maximum Gasteiger partial charge on any atom is 0.239 e. The second kappa shape index (κ2) is 6.46. The minimum atomic E-state index is 0.127. The van der Waals surface area contributed by atoms with Crippen LogP contribution in [0.25, 0.3) is 0 Å². The zero-order valence-corrected chi connectivity index (χ0v) is 12.9. The largest absolute Gasteiger partial charge is 0.341 e. The lowest BCUT2D eigenvalue weighted by Gasteiger charge is -2.34. The average molecular weight is 278 g/mol. The molecule has 3 fully saturated rings. The van der Waals surface area contributed by atoms with Crippen LogP contribution in [0.15, 0.2) is 0 Å². The molecule has 3 nitrogen and oxygen atoms in total. The molecule has 1 unspecified atom stereocenters. The minimum absolute atomic E-state index is 0.127. The quantitative estimate of drug-likeness (QED) is 0.838. The van der Waals surface area contributed by atoms with E-state index in [9.17, 15) is 4.79 Å². The summed E-state index contributed by atoms with van der Waals surface area (Å²) in [6.07, 6.45) is 11.5. The van der Waals surface area contributed by atoms with Gasteiger partial charge < -0.3 is 10.2 Å². The normalized spacial score (nSPS) is 35.4. The number of rotatable bonds is 5. The molecule has 0 aromatic carbocycles. The van der Waals surface area contributed by atoms with E-state index < -0.39 is 0 Å². The van der Waals surface area contributed by atoms with Gasteiger partial charge in [-0.1, -0.05) is 32.6 Å². The van der Waals surface area contributed by atoms with Crippen molar-refractivity contribution in [3.05, 3.63) is 0 Å². The molecular formula is C17H30N2O. The molecule has 0 aromatic rings. The first kappa shape index (κ1) is 14.4. The van der Waals surface area contributed by atoms with E-state index in [1.807, 2.05) is 0 Å². The number of hydrogen-bond acceptors (Lipinski definition) is 2. The smallest absolute Gasteiger partial charge is 0.239 e. The summed E-state index contributed by atoms with van der Waals surface area (Å²) in [6, 6.07) is 0.770. The van der Waals surface area contributed by atoms with Crippen LogP contribution in [0.5, 0.6) is 0 Å². The van der Waals surface area contributed by atoms with E-state index in [0.29, 0.717) is 11.9 Å². The molecule has 1 atom stereocenters. The van der Waals surface area contributed by atoms with E-state index in [4.69, 9.17) is 0 Å². The van der Waals surface area contributed by atoms with Gasteiger partial charge in [-0.15, -0.1) is 0 Å². The van der Waals surface area contributed by atoms with E-state index in [-0.39, 0.29) is 6.04 Å². The Bertz CT molecular complexity index is 332. The number of likely N-dealkylation sites (tertiary alicyclic amines) is 1. The Hall–Kier alpha value is -0.570. The standard InChI is InChI=1S/C17H30N2O/c1-13-4-6-14(7-5-13)10-12-19-11-2-3-16(17(19)20)18-15-8-9-15/h13-16,18H,2-12H2,1H3. The van der Waals surface area contributed by atoms with Crippen molar-refractivity contribution >= 4 is 5.91 Å². The molecule has 2 saturated carbocycles. The van der Waals surface area contributed by atoms with Crippen molar-refractivity contribution < 1.29 is 4.79 Å². The first-order valence-corrected chi connectivity index (χ1v) is 8.77. The third kappa shape index (κ3) is 3.75. The van der Waals surface area contributed by atoms with Gasteiger partial charge in [-0.3, -0.25) is 4.79 Å². The minimum Gasteiger partial charge on any atom is -0.341 e. The van der Waals surface area contributed by atoms with Gasteiger partial charge >= 0.3 is 0 Å². The Morgan fingerprint density at radius 1 is 1.10 bits per heavy atom. The second-order valence-corrected chi connectivity index (χ2v) is 7.38. The molecular weight excluding hydrogens is 248 g/mol. The molecule has 1 amide bonds. The Morgan fingerprint density at radius 3 is 2.55 bits per heavy atom. The van der Waals surface area contributed by atoms with Gasteiger partial charge in [0, 0.05) is 19.1 Å². The topological polar surface area (TPSA) is 32.3 Å². The Morgan fingerprint density at radius 2 is 1.85 bits per heavy atom. The van der Waals surface area contributed by atoms with Crippen LogP contribution in [-0.4, -0.2) is 36.0 Å². The fourth-order valence-corrected chi connectivity index (χ4v) is 3.81. The average Bonchev–Trinajstić information content (AvgIpc) is 3.26. The Labute approximate surface area is 123 Å². The predicted octanol–water partition coefficient (Wildman–Crippen LogP) is 2.95. The highest BCUT2D eigenvalue weighted by Crippen LogP contribution is 2.31. The summed E-state index contributed by atoms with van der Waals surface area (Å²) in [4.78, 5) is 14.6. The molecule has 3 aliphatic rings. The maximum atomic E-state index is 12.5. The summed E-state index contributed by atoms with van der Waals surface area (Å²) in [5.41, 5.74) is 0. The van der Waals surface area contributed by atoms with Gasteiger partial charge in [-0.25, -0.2) is 0 Å². The zero-order valence-electron chi connectivity index (χ0n) is 12.9. The van der Waals surface area contributed by atoms with Crippen molar-refractivity contribution in [2.75, 3.05) is 13.1 Å². The highest BCUT2D eigenvalue weighted by Gasteiger charge is 2.33. The zero-order chi connectivity index (χ0) is 13.9. The van der Waals surface area contributed by atoms with Crippen LogP contribution in [0.3, 0.4) is 0 Å². The van der Waals surface area contributed by atoms with E-state index in [2.05, 4.69) is 17.1 Å². The molecule has 1 N–H and O–H groups in total. The SMILES string of the molecule is CC1CCC(CCN2CCCC(NC3CC3)C2=O)CC1. The number of nitrogens with one attached hydrogen (secondary N) is 1. The number of nitrogens with zero attached hydrogens (tertiary/aromatic N) is 1. The second-order valence-electron chi connectivity index (χ2n) is 7.38. The van der Waals surface area contributed by atoms with Gasteiger partial charge in [0.25, 0.3) is 0 Å². The molecule has 1 saturated heterocycles. The molecule has 114 valence electrons. The number of carbonyl (C=O) groups is 1. The van der Waals surface area contributed by atoms with Gasteiger partial charge in [0.05, 0.1) is 6.04 Å². The summed E-state index contributed by atoms with van der Waals surface area (Å²) in [6.45, 7) is 4.37. The van der Waals surface area contributed by atoms with Crippen molar-refractivity contribution in [3.63, 3.8) is 0 Å². The fourth-order valence-electron chi connectivity index (χ4n) is 3.81. The summed E-state index contributed by atoms with van der Waals surface area (Å²) >= 11 is 0. The lowest BCUT2D eigenvalue weighted by atomic mass is 9.81. The predicted molar refractivity (Wildman–Crippen MR) is 81.5 cm³/mol. The van der Waals surface area contributed by atoms with E-state index in [1.54, 1.807) is 0 Å². The van der Waals surface area contributed by atoms with E-state index in [0.717, 1.165) is 31.3 Å². The summed E-state index contributed by atoms with van der Waals surface area (Å²) in [5.74, 6) is 2.18. The van der Waals surface area contributed by atoms with E-state index in [1.165, 1.54) is 51.4 Å². The number of hydrogen-bond donors (Lipinski definition) is 1. The molecule has 0 bridgehead atoms. The third-order valence-corrected chi connectivity index (χ3v) is 5.49. The highest BCUT2D eigenvalue weighted by molar-refractivity contribution is 5.82. The highest BCUT2D eigenvalue weighted by atomic mass is 16.2. The fraction of sp³-hybridized carbons (Fsp3) is 0.941. The monoisotopic (exact) mass is 278 g/mol. The van der Waals surface area contributed by atoms with Gasteiger partial charge in [0.2, 0.25) is 5.91 Å². The van der Waals surface area contributed by atoms with E-state index >= 15 is 0 Å². The van der Waals surface area contributed by atoms with Crippen LogP contribution in [0.2, 0.25) is 0 Å². The van der Waals surface area contributed by atoms with Crippen LogP contribution >= 0.6 is 0 Å². The van der Waals surface area contributed by atoms with Crippen molar-refractivity contribution in [2.24, 2.45) is 11.8 Å². The van der Waals surface area contributed by atoms with Gasteiger partial charge in [0.1, 0.15) is 0 Å². The van der Waals surface area contributed by atoms with Crippen molar-refractivity contribution in [3.8, 4) is 0 Å². The molecule has 0 spiro atoms. The molecule has 1 aliphatic heterocycles. The third-order valence-electron chi connectivity index (χ3n) is 5.49. The van der Waals surface area contributed by atoms with Gasteiger partial charge in [-0.05, 0) is 43.9 Å². The summed E-state index contributed by atoms with van der Waals surface area (Å²) in [7, 11) is 0. The number of amides is 1. The molecule has 2 aliphatic carbocycles. The van der Waals surface area contributed by atoms with Crippen LogP contribution in [-0.2, 0) is 4.79 Å². The van der Waals surface area contributed by atoms with Crippen molar-refractivity contribution in [1.82, 2.24) is 10.2 Å². The maximum absolute atomic E-state index is 12.5.